The van der Waals surface area contributed by atoms with Gasteiger partial charge in [-0.25, -0.2) is 4.79 Å². The van der Waals surface area contributed by atoms with E-state index in [0.29, 0.717) is 5.04 Å². The number of carbonyl (C=O) groups excluding carboxylic acids is 1. The largest absolute Gasteiger partial charge is 0.433 e. The van der Waals surface area contributed by atoms with Gasteiger partial charge in [0.05, 0.1) is 6.42 Å². The average Bonchev–Trinajstić information content (AvgIpc) is 2.23. The summed E-state index contributed by atoms with van der Waals surface area (Å²) in [4.78, 5) is 25.5. The predicted molar refractivity (Wildman–Crippen MR) is 62.2 cm³/mol. The standard InChI is InChI=1S/C8H15N3O4S/c1-8(2,11(13)14)5-6(16-4)10-15-7(12)9-3/h5H2,1-4H3,(H,9,12). The van der Waals surface area contributed by atoms with Crippen LogP contribution in [-0.2, 0) is 4.84 Å². The minimum Gasteiger partial charge on any atom is -0.323 e. The van der Waals surface area contributed by atoms with Crippen LogP contribution in [0.25, 0.3) is 0 Å². The summed E-state index contributed by atoms with van der Waals surface area (Å²) in [7, 11) is 1.40. The van der Waals surface area contributed by atoms with E-state index in [1.807, 2.05) is 0 Å². The highest BCUT2D eigenvalue weighted by atomic mass is 32.2. The molecule has 8 heteroatoms. The number of thioether (sulfide) groups is 1. The summed E-state index contributed by atoms with van der Waals surface area (Å²) in [5.74, 6) is 0. The summed E-state index contributed by atoms with van der Waals surface area (Å²) in [6.45, 7) is 2.97. The van der Waals surface area contributed by atoms with E-state index >= 15 is 0 Å². The Kier molecular flexibility index (Phi) is 5.79. The van der Waals surface area contributed by atoms with E-state index in [-0.39, 0.29) is 6.42 Å². The van der Waals surface area contributed by atoms with Crippen molar-refractivity contribution < 1.29 is 14.6 Å². The summed E-state index contributed by atoms with van der Waals surface area (Å²) >= 11 is 1.21. The van der Waals surface area contributed by atoms with Gasteiger partial charge in [-0.3, -0.25) is 15.0 Å². The minimum atomic E-state index is -1.13. The van der Waals surface area contributed by atoms with Crippen LogP contribution in [0, 0.1) is 10.1 Å². The first kappa shape index (κ1) is 14.7. The Bertz CT molecular complexity index is 304. The van der Waals surface area contributed by atoms with Gasteiger partial charge in [0.15, 0.2) is 0 Å². The van der Waals surface area contributed by atoms with Crippen molar-refractivity contribution in [2.24, 2.45) is 5.16 Å². The molecule has 7 nitrogen and oxygen atoms in total. The molecule has 0 aromatic rings. The van der Waals surface area contributed by atoms with Crippen molar-refractivity contribution in [1.82, 2.24) is 5.32 Å². The van der Waals surface area contributed by atoms with Gasteiger partial charge in [0.2, 0.25) is 5.54 Å². The zero-order valence-electron chi connectivity index (χ0n) is 9.64. The van der Waals surface area contributed by atoms with Crippen molar-refractivity contribution in [1.29, 1.82) is 0 Å². The molecule has 0 aliphatic rings. The lowest BCUT2D eigenvalue weighted by Crippen LogP contribution is -2.33. The van der Waals surface area contributed by atoms with Crippen molar-refractivity contribution in [2.75, 3.05) is 13.3 Å². The van der Waals surface area contributed by atoms with Gasteiger partial charge in [0, 0.05) is 25.8 Å². The van der Waals surface area contributed by atoms with Gasteiger partial charge in [-0.1, -0.05) is 5.16 Å². The molecular weight excluding hydrogens is 234 g/mol. The molecule has 0 atom stereocenters. The topological polar surface area (TPSA) is 93.8 Å². The van der Waals surface area contributed by atoms with Gasteiger partial charge >= 0.3 is 6.09 Å². The Morgan fingerprint density at radius 1 is 1.62 bits per heavy atom. The summed E-state index contributed by atoms with van der Waals surface area (Å²) < 4.78 is 0. The molecule has 1 amide bonds. The molecule has 0 aliphatic heterocycles. The molecule has 16 heavy (non-hydrogen) atoms. The fourth-order valence-corrected chi connectivity index (χ4v) is 1.32. The monoisotopic (exact) mass is 249 g/mol. The number of nitrogens with zero attached hydrogens (tertiary/aromatic N) is 2. The number of amides is 1. The molecule has 0 aliphatic carbocycles. The van der Waals surface area contributed by atoms with E-state index < -0.39 is 16.6 Å². The Labute approximate surface area is 97.7 Å². The number of hydrogen-bond acceptors (Lipinski definition) is 6. The third-order valence-electron chi connectivity index (χ3n) is 1.75. The van der Waals surface area contributed by atoms with Gasteiger partial charge in [-0.15, -0.1) is 11.8 Å². The van der Waals surface area contributed by atoms with Crippen molar-refractivity contribution >= 4 is 22.9 Å². The molecule has 0 radical (unpaired) electrons. The van der Waals surface area contributed by atoms with Gasteiger partial charge < -0.3 is 5.32 Å². The normalized spacial score (nSPS) is 12.1. The second kappa shape index (κ2) is 6.31. The van der Waals surface area contributed by atoms with Crippen LogP contribution in [0.3, 0.4) is 0 Å². The Balaban J connectivity index is 4.52. The molecule has 0 aromatic carbocycles. The van der Waals surface area contributed by atoms with Crippen LogP contribution in [0.4, 0.5) is 4.79 Å². The zero-order chi connectivity index (χ0) is 12.8. The summed E-state index contributed by atoms with van der Waals surface area (Å²) in [5.41, 5.74) is -1.13. The van der Waals surface area contributed by atoms with Crippen LogP contribution in [0.5, 0.6) is 0 Å². The van der Waals surface area contributed by atoms with Crippen molar-refractivity contribution in [3.05, 3.63) is 10.1 Å². The molecule has 0 unspecified atom stereocenters. The number of hydrogen-bond donors (Lipinski definition) is 1. The van der Waals surface area contributed by atoms with Gasteiger partial charge in [-0.2, -0.15) is 0 Å². The van der Waals surface area contributed by atoms with Crippen LogP contribution in [0.2, 0.25) is 0 Å². The second-order valence-electron chi connectivity index (χ2n) is 3.56. The van der Waals surface area contributed by atoms with E-state index in [1.165, 1.54) is 32.7 Å². The third kappa shape index (κ3) is 4.96. The fourth-order valence-electron chi connectivity index (χ4n) is 0.714. The first-order valence-electron chi connectivity index (χ1n) is 4.47. The number of rotatable bonds is 4. The third-order valence-corrected chi connectivity index (χ3v) is 2.44. The lowest BCUT2D eigenvalue weighted by atomic mass is 10.0. The highest BCUT2D eigenvalue weighted by Crippen LogP contribution is 2.18. The van der Waals surface area contributed by atoms with E-state index in [2.05, 4.69) is 15.3 Å². The van der Waals surface area contributed by atoms with Crippen LogP contribution in [0.15, 0.2) is 5.16 Å². The molecule has 0 saturated carbocycles. The number of nitro groups is 1. The molecule has 0 rings (SSSR count). The molecule has 0 saturated heterocycles. The molecule has 1 N–H and O–H groups in total. The first-order chi connectivity index (χ1) is 7.33. The summed E-state index contributed by atoms with van der Waals surface area (Å²) in [6.07, 6.45) is 1.12. The smallest absolute Gasteiger partial charge is 0.323 e. The summed E-state index contributed by atoms with van der Waals surface area (Å²) in [6, 6.07) is 0. The Morgan fingerprint density at radius 3 is 2.56 bits per heavy atom. The first-order valence-corrected chi connectivity index (χ1v) is 5.70. The van der Waals surface area contributed by atoms with Crippen molar-refractivity contribution in [2.45, 2.75) is 25.8 Å². The van der Waals surface area contributed by atoms with Gasteiger partial charge in [0.1, 0.15) is 5.04 Å². The number of carbonyl (C=O) groups is 1. The minimum absolute atomic E-state index is 0.109. The van der Waals surface area contributed by atoms with Gasteiger partial charge in [0.25, 0.3) is 0 Å². The fraction of sp³-hybridized carbons (Fsp3) is 0.750. The van der Waals surface area contributed by atoms with E-state index in [1.54, 1.807) is 6.26 Å². The van der Waals surface area contributed by atoms with Crippen LogP contribution < -0.4 is 5.32 Å². The lowest BCUT2D eigenvalue weighted by molar-refractivity contribution is -0.558. The zero-order valence-corrected chi connectivity index (χ0v) is 10.5. The van der Waals surface area contributed by atoms with Crippen LogP contribution in [0.1, 0.15) is 20.3 Å². The van der Waals surface area contributed by atoms with E-state index in [0.717, 1.165) is 0 Å². The number of nitrogens with one attached hydrogen (secondary N) is 1. The molecule has 0 bridgehead atoms. The quantitative estimate of drug-likeness (QED) is 0.267. The lowest BCUT2D eigenvalue weighted by Gasteiger charge is -2.15. The van der Waals surface area contributed by atoms with Crippen molar-refractivity contribution in [3.63, 3.8) is 0 Å². The van der Waals surface area contributed by atoms with Crippen LogP contribution >= 0.6 is 11.8 Å². The predicted octanol–water partition coefficient (Wildman–Crippen LogP) is 1.46. The molecular formula is C8H15N3O4S. The van der Waals surface area contributed by atoms with Gasteiger partial charge in [-0.05, 0) is 6.26 Å². The van der Waals surface area contributed by atoms with Crippen molar-refractivity contribution in [3.8, 4) is 0 Å². The molecule has 92 valence electrons. The molecule has 0 spiro atoms. The maximum absolute atomic E-state index is 10.7. The van der Waals surface area contributed by atoms with Crippen LogP contribution in [-0.4, -0.2) is 34.9 Å². The molecule has 0 heterocycles. The summed E-state index contributed by atoms with van der Waals surface area (Å²) in [5, 5.41) is 16.8. The Morgan fingerprint density at radius 2 is 2.19 bits per heavy atom. The van der Waals surface area contributed by atoms with E-state index in [9.17, 15) is 14.9 Å². The average molecular weight is 249 g/mol. The maximum Gasteiger partial charge on any atom is 0.433 e. The maximum atomic E-state index is 10.7. The SMILES string of the molecule is CNC(=O)ON=C(CC(C)(C)[N+](=O)[O-])SC. The second-order valence-corrected chi connectivity index (χ2v) is 4.44. The molecule has 0 aromatic heterocycles. The highest BCUT2D eigenvalue weighted by Gasteiger charge is 2.32. The Hall–Kier alpha value is -1.31. The van der Waals surface area contributed by atoms with E-state index in [4.69, 9.17) is 0 Å². The highest BCUT2D eigenvalue weighted by molar-refractivity contribution is 8.13. The molecule has 0 fully saturated rings. The number of oxime groups is 1.